The number of nitro benzene ring substituents is 1. The Balaban J connectivity index is 3.08. The van der Waals surface area contributed by atoms with Crippen LogP contribution >= 0.6 is 0 Å². The number of hydrogen-bond donors (Lipinski definition) is 1. The van der Waals surface area contributed by atoms with Gasteiger partial charge in [0.1, 0.15) is 0 Å². The molecule has 0 aromatic heterocycles. The molecule has 1 aromatic rings. The molecular formula is C10H10FNO5. The van der Waals surface area contributed by atoms with Crippen molar-refractivity contribution in [2.24, 2.45) is 0 Å². The van der Waals surface area contributed by atoms with E-state index in [0.29, 0.717) is 6.07 Å². The highest BCUT2D eigenvalue weighted by Crippen LogP contribution is 2.27. The number of rotatable bonds is 4. The third-order valence-electron chi connectivity index (χ3n) is 2.10. The Morgan fingerprint density at radius 1 is 1.59 bits per heavy atom. The van der Waals surface area contributed by atoms with Gasteiger partial charge < -0.3 is 9.84 Å². The summed E-state index contributed by atoms with van der Waals surface area (Å²) in [7, 11) is 0. The lowest BCUT2D eigenvalue weighted by atomic mass is 10.2. The molecule has 0 aliphatic carbocycles. The van der Waals surface area contributed by atoms with E-state index >= 15 is 0 Å². The highest BCUT2D eigenvalue weighted by Gasteiger charge is 2.19. The Morgan fingerprint density at radius 3 is 2.65 bits per heavy atom. The highest BCUT2D eigenvalue weighted by atomic mass is 19.1. The number of benzene rings is 1. The molecule has 1 aromatic carbocycles. The van der Waals surface area contributed by atoms with Gasteiger partial charge in [-0.1, -0.05) is 0 Å². The molecule has 0 unspecified atom stereocenters. The predicted molar refractivity (Wildman–Crippen MR) is 55.5 cm³/mol. The van der Waals surface area contributed by atoms with Crippen LogP contribution in [0.4, 0.5) is 10.1 Å². The number of hydrogen-bond acceptors (Lipinski definition) is 4. The SMILES string of the molecule is Cc1cc(O[C@@H](C)C(=O)O)c(F)cc1[N+](=O)[O-]. The van der Waals surface area contributed by atoms with Gasteiger partial charge in [-0.2, -0.15) is 0 Å². The molecule has 0 heterocycles. The molecule has 7 heteroatoms. The maximum absolute atomic E-state index is 13.4. The fourth-order valence-corrected chi connectivity index (χ4v) is 1.17. The van der Waals surface area contributed by atoms with Crippen LogP contribution in [0.15, 0.2) is 12.1 Å². The van der Waals surface area contributed by atoms with Gasteiger partial charge in [-0.05, 0) is 19.9 Å². The van der Waals surface area contributed by atoms with E-state index < -0.39 is 22.8 Å². The number of aliphatic carboxylic acids is 1. The first-order chi connectivity index (χ1) is 7.82. The number of nitro groups is 1. The van der Waals surface area contributed by atoms with Crippen molar-refractivity contribution in [3.8, 4) is 5.75 Å². The van der Waals surface area contributed by atoms with Crippen molar-refractivity contribution in [3.05, 3.63) is 33.6 Å². The van der Waals surface area contributed by atoms with Crippen molar-refractivity contribution < 1.29 is 24.0 Å². The van der Waals surface area contributed by atoms with Gasteiger partial charge in [0, 0.05) is 5.56 Å². The Kier molecular flexibility index (Phi) is 3.62. The summed E-state index contributed by atoms with van der Waals surface area (Å²) in [6.45, 7) is 2.65. The van der Waals surface area contributed by atoms with E-state index in [4.69, 9.17) is 9.84 Å². The molecule has 0 aliphatic rings. The molecule has 0 amide bonds. The minimum Gasteiger partial charge on any atom is -0.479 e. The minimum atomic E-state index is -1.25. The number of ether oxygens (including phenoxy) is 1. The summed E-state index contributed by atoms with van der Waals surface area (Å²) in [5, 5.41) is 19.1. The van der Waals surface area contributed by atoms with Gasteiger partial charge in [0.15, 0.2) is 17.7 Å². The fourth-order valence-electron chi connectivity index (χ4n) is 1.17. The Bertz CT molecular complexity index is 474. The molecule has 1 N–H and O–H groups in total. The van der Waals surface area contributed by atoms with Gasteiger partial charge in [-0.3, -0.25) is 10.1 Å². The van der Waals surface area contributed by atoms with Crippen LogP contribution in [0.1, 0.15) is 12.5 Å². The Morgan fingerprint density at radius 2 is 2.18 bits per heavy atom. The third-order valence-corrected chi connectivity index (χ3v) is 2.10. The van der Waals surface area contributed by atoms with Crippen LogP contribution in [0, 0.1) is 22.9 Å². The molecule has 0 radical (unpaired) electrons. The molecular weight excluding hydrogens is 233 g/mol. The molecule has 1 atom stereocenters. The Labute approximate surface area is 95.8 Å². The van der Waals surface area contributed by atoms with E-state index in [1.165, 1.54) is 13.8 Å². The van der Waals surface area contributed by atoms with Gasteiger partial charge in [-0.25, -0.2) is 9.18 Å². The lowest BCUT2D eigenvalue weighted by Crippen LogP contribution is -2.23. The molecule has 17 heavy (non-hydrogen) atoms. The van der Waals surface area contributed by atoms with E-state index in [-0.39, 0.29) is 17.0 Å². The normalized spacial score (nSPS) is 11.9. The second-order valence-corrected chi connectivity index (χ2v) is 3.42. The molecule has 0 bridgehead atoms. The van der Waals surface area contributed by atoms with Gasteiger partial charge in [0.25, 0.3) is 5.69 Å². The number of halogens is 1. The van der Waals surface area contributed by atoms with Gasteiger partial charge >= 0.3 is 5.97 Å². The van der Waals surface area contributed by atoms with Crippen molar-refractivity contribution >= 4 is 11.7 Å². The van der Waals surface area contributed by atoms with Crippen LogP contribution in [-0.4, -0.2) is 22.1 Å². The highest BCUT2D eigenvalue weighted by molar-refractivity contribution is 5.72. The van der Waals surface area contributed by atoms with Crippen molar-refractivity contribution in [1.82, 2.24) is 0 Å². The van der Waals surface area contributed by atoms with Crippen molar-refractivity contribution in [3.63, 3.8) is 0 Å². The summed E-state index contributed by atoms with van der Waals surface area (Å²) in [5.41, 5.74) is -0.179. The van der Waals surface area contributed by atoms with Gasteiger partial charge in [-0.15, -0.1) is 0 Å². The molecule has 0 saturated carbocycles. The van der Waals surface area contributed by atoms with Crippen molar-refractivity contribution in [2.45, 2.75) is 20.0 Å². The quantitative estimate of drug-likeness (QED) is 0.644. The largest absolute Gasteiger partial charge is 0.479 e. The van der Waals surface area contributed by atoms with Crippen LogP contribution < -0.4 is 4.74 Å². The molecule has 92 valence electrons. The average molecular weight is 243 g/mol. The number of carbonyl (C=O) groups is 1. The molecule has 0 fully saturated rings. The Hall–Kier alpha value is -2.18. The second kappa shape index (κ2) is 4.77. The van der Waals surface area contributed by atoms with Crippen LogP contribution in [0.5, 0.6) is 5.75 Å². The summed E-state index contributed by atoms with van der Waals surface area (Å²) < 4.78 is 18.2. The zero-order valence-electron chi connectivity index (χ0n) is 9.14. The topological polar surface area (TPSA) is 89.7 Å². The van der Waals surface area contributed by atoms with Crippen LogP contribution in [-0.2, 0) is 4.79 Å². The van der Waals surface area contributed by atoms with Crippen LogP contribution in [0.25, 0.3) is 0 Å². The van der Waals surface area contributed by atoms with Crippen molar-refractivity contribution in [2.75, 3.05) is 0 Å². The first-order valence-electron chi connectivity index (χ1n) is 4.67. The monoisotopic (exact) mass is 243 g/mol. The third kappa shape index (κ3) is 2.90. The molecule has 1 rings (SSSR count). The van der Waals surface area contributed by atoms with E-state index in [0.717, 1.165) is 6.07 Å². The zero-order valence-corrected chi connectivity index (χ0v) is 9.14. The molecule has 0 aliphatic heterocycles. The summed E-state index contributed by atoms with van der Waals surface area (Å²) in [6, 6.07) is 1.81. The summed E-state index contributed by atoms with van der Waals surface area (Å²) >= 11 is 0. The van der Waals surface area contributed by atoms with Gasteiger partial charge in [0.05, 0.1) is 11.0 Å². The maximum atomic E-state index is 13.4. The van der Waals surface area contributed by atoms with E-state index in [2.05, 4.69) is 0 Å². The molecule has 0 saturated heterocycles. The standard InChI is InChI=1S/C10H10FNO5/c1-5-3-9(17-6(2)10(13)14)7(11)4-8(5)12(15)16/h3-4,6H,1-2H3,(H,13,14)/t6-/m0/s1. The summed E-state index contributed by atoms with van der Waals surface area (Å²) in [4.78, 5) is 20.3. The van der Waals surface area contributed by atoms with Crippen molar-refractivity contribution in [1.29, 1.82) is 0 Å². The summed E-state index contributed by atoms with van der Waals surface area (Å²) in [6.07, 6.45) is -1.23. The maximum Gasteiger partial charge on any atom is 0.344 e. The van der Waals surface area contributed by atoms with Gasteiger partial charge in [0.2, 0.25) is 0 Å². The lowest BCUT2D eigenvalue weighted by molar-refractivity contribution is -0.385. The fraction of sp³-hybridized carbons (Fsp3) is 0.300. The lowest BCUT2D eigenvalue weighted by Gasteiger charge is -2.11. The van der Waals surface area contributed by atoms with Crippen LogP contribution in [0.3, 0.4) is 0 Å². The molecule has 6 nitrogen and oxygen atoms in total. The number of aryl methyl sites for hydroxylation is 1. The first kappa shape index (κ1) is 12.9. The number of carboxylic acids is 1. The second-order valence-electron chi connectivity index (χ2n) is 3.42. The van der Waals surface area contributed by atoms with E-state index in [1.54, 1.807) is 0 Å². The average Bonchev–Trinajstić information content (AvgIpc) is 2.22. The zero-order chi connectivity index (χ0) is 13.2. The minimum absolute atomic E-state index is 0.198. The predicted octanol–water partition coefficient (Wildman–Crippen LogP) is 1.89. The number of nitrogens with zero attached hydrogens (tertiary/aromatic N) is 1. The van der Waals surface area contributed by atoms with E-state index in [1.807, 2.05) is 0 Å². The van der Waals surface area contributed by atoms with Crippen LogP contribution in [0.2, 0.25) is 0 Å². The first-order valence-corrected chi connectivity index (χ1v) is 4.67. The van der Waals surface area contributed by atoms with E-state index in [9.17, 15) is 19.3 Å². The smallest absolute Gasteiger partial charge is 0.344 e. The number of carboxylic acid groups (broad SMARTS) is 1. The summed E-state index contributed by atoms with van der Waals surface area (Å²) in [5.74, 6) is -2.53. The molecule has 0 spiro atoms.